The van der Waals surface area contributed by atoms with Crippen molar-refractivity contribution < 1.29 is 9.63 Å². The van der Waals surface area contributed by atoms with Gasteiger partial charge in [-0.05, 0) is 11.5 Å². The molecular formula is C13H15NO2. The molecule has 0 fully saturated rings. The number of aliphatic hydroxyl groups excluding tert-OH is 1. The summed E-state index contributed by atoms with van der Waals surface area (Å²) in [6, 6.07) is 9.98. The number of benzene rings is 1. The van der Waals surface area contributed by atoms with Gasteiger partial charge in [-0.2, -0.15) is 0 Å². The topological polar surface area (TPSA) is 46.3 Å². The van der Waals surface area contributed by atoms with Crippen molar-refractivity contribution >= 4 is 0 Å². The molecule has 1 aromatic heterocycles. The molecule has 2 aromatic rings. The van der Waals surface area contributed by atoms with Gasteiger partial charge in [0, 0.05) is 11.6 Å². The van der Waals surface area contributed by atoms with Crippen LogP contribution < -0.4 is 0 Å². The highest BCUT2D eigenvalue weighted by atomic mass is 16.5. The Kier molecular flexibility index (Phi) is 3.06. The van der Waals surface area contributed by atoms with Crippen LogP contribution in [0, 0.1) is 0 Å². The second kappa shape index (κ2) is 4.49. The molecule has 16 heavy (non-hydrogen) atoms. The summed E-state index contributed by atoms with van der Waals surface area (Å²) in [5, 5.41) is 12.8. The summed E-state index contributed by atoms with van der Waals surface area (Å²) in [6.45, 7) is 4.21. The quantitative estimate of drug-likeness (QED) is 0.859. The predicted octanol–water partition coefficient (Wildman–Crippen LogP) is 2.96. The minimum Gasteiger partial charge on any atom is -0.388 e. The van der Waals surface area contributed by atoms with Crippen LogP contribution in [-0.4, -0.2) is 10.3 Å². The van der Waals surface area contributed by atoms with E-state index < -0.39 is 0 Å². The van der Waals surface area contributed by atoms with Gasteiger partial charge in [0.1, 0.15) is 12.3 Å². The van der Waals surface area contributed by atoms with Crippen molar-refractivity contribution in [3.05, 3.63) is 41.7 Å². The van der Waals surface area contributed by atoms with Crippen molar-refractivity contribution in [3.63, 3.8) is 0 Å². The Hall–Kier alpha value is -1.61. The van der Waals surface area contributed by atoms with Crippen LogP contribution in [0.5, 0.6) is 0 Å². The van der Waals surface area contributed by atoms with Crippen LogP contribution in [0.25, 0.3) is 11.3 Å². The average molecular weight is 217 g/mol. The van der Waals surface area contributed by atoms with Crippen LogP contribution in [0.1, 0.15) is 31.1 Å². The first-order valence-corrected chi connectivity index (χ1v) is 5.37. The van der Waals surface area contributed by atoms with E-state index in [0.717, 1.165) is 11.3 Å². The third-order valence-electron chi connectivity index (χ3n) is 2.59. The van der Waals surface area contributed by atoms with Crippen molar-refractivity contribution in [2.75, 3.05) is 0 Å². The molecule has 3 nitrogen and oxygen atoms in total. The lowest BCUT2D eigenvalue weighted by Crippen LogP contribution is -1.86. The van der Waals surface area contributed by atoms with Crippen LogP contribution in [0.2, 0.25) is 0 Å². The first-order valence-electron chi connectivity index (χ1n) is 5.37. The Labute approximate surface area is 94.7 Å². The number of rotatable bonds is 3. The molecule has 84 valence electrons. The molecule has 0 aliphatic heterocycles. The highest BCUT2D eigenvalue weighted by molar-refractivity contribution is 5.59. The van der Waals surface area contributed by atoms with Crippen LogP contribution in [0.4, 0.5) is 0 Å². The Morgan fingerprint density at radius 3 is 2.44 bits per heavy atom. The molecule has 0 saturated heterocycles. The molecule has 0 saturated carbocycles. The molecule has 1 heterocycles. The number of aliphatic hydroxyl groups is 1. The SMILES string of the molecule is CC(C)c1ccc(-c2cc(CO)on2)cc1. The minimum atomic E-state index is -0.114. The molecule has 0 bridgehead atoms. The highest BCUT2D eigenvalue weighted by Gasteiger charge is 2.06. The Morgan fingerprint density at radius 2 is 1.94 bits per heavy atom. The largest absolute Gasteiger partial charge is 0.388 e. The Bertz CT molecular complexity index is 457. The first-order chi connectivity index (χ1) is 7.70. The second-order valence-electron chi connectivity index (χ2n) is 4.11. The van der Waals surface area contributed by atoms with E-state index in [1.807, 2.05) is 12.1 Å². The van der Waals surface area contributed by atoms with E-state index in [0.29, 0.717) is 11.7 Å². The molecule has 1 aromatic carbocycles. The molecule has 0 aliphatic carbocycles. The molecule has 0 spiro atoms. The zero-order valence-electron chi connectivity index (χ0n) is 9.47. The van der Waals surface area contributed by atoms with Gasteiger partial charge in [-0.25, -0.2) is 0 Å². The molecule has 1 N–H and O–H groups in total. The van der Waals surface area contributed by atoms with Gasteiger partial charge in [-0.15, -0.1) is 0 Å². The van der Waals surface area contributed by atoms with Crippen LogP contribution >= 0.6 is 0 Å². The molecular weight excluding hydrogens is 202 g/mol. The van der Waals surface area contributed by atoms with Crippen molar-refractivity contribution in [2.24, 2.45) is 0 Å². The first kappa shape index (κ1) is 10.9. The van der Waals surface area contributed by atoms with E-state index in [-0.39, 0.29) is 6.61 Å². The summed E-state index contributed by atoms with van der Waals surface area (Å²) in [6.07, 6.45) is 0. The lowest BCUT2D eigenvalue weighted by Gasteiger charge is -2.04. The highest BCUT2D eigenvalue weighted by Crippen LogP contribution is 2.22. The lowest BCUT2D eigenvalue weighted by atomic mass is 10.0. The number of hydrogen-bond donors (Lipinski definition) is 1. The van der Waals surface area contributed by atoms with E-state index in [2.05, 4.69) is 31.1 Å². The van der Waals surface area contributed by atoms with Crippen molar-refractivity contribution in [1.29, 1.82) is 0 Å². The molecule has 3 heteroatoms. The molecule has 0 radical (unpaired) electrons. The second-order valence-corrected chi connectivity index (χ2v) is 4.11. The van der Waals surface area contributed by atoms with Crippen molar-refractivity contribution in [1.82, 2.24) is 5.16 Å². The predicted molar refractivity (Wildman–Crippen MR) is 62.0 cm³/mol. The molecule has 0 unspecified atom stereocenters. The van der Waals surface area contributed by atoms with Gasteiger partial charge in [-0.3, -0.25) is 0 Å². The third-order valence-corrected chi connectivity index (χ3v) is 2.59. The lowest BCUT2D eigenvalue weighted by molar-refractivity contribution is 0.229. The van der Waals surface area contributed by atoms with Gasteiger partial charge in [0.25, 0.3) is 0 Å². The van der Waals surface area contributed by atoms with E-state index in [1.54, 1.807) is 6.07 Å². The van der Waals surface area contributed by atoms with Crippen molar-refractivity contribution in [2.45, 2.75) is 26.4 Å². The van der Waals surface area contributed by atoms with Gasteiger partial charge in [0.05, 0.1) is 0 Å². The standard InChI is InChI=1S/C13H15NO2/c1-9(2)10-3-5-11(6-4-10)13-7-12(8-15)16-14-13/h3-7,9,15H,8H2,1-2H3. The zero-order chi connectivity index (χ0) is 11.5. The smallest absolute Gasteiger partial charge is 0.162 e. The van der Waals surface area contributed by atoms with E-state index in [9.17, 15) is 0 Å². The van der Waals surface area contributed by atoms with E-state index in [4.69, 9.17) is 9.63 Å². The summed E-state index contributed by atoms with van der Waals surface area (Å²) in [4.78, 5) is 0. The normalized spacial score (nSPS) is 11.0. The van der Waals surface area contributed by atoms with E-state index >= 15 is 0 Å². The van der Waals surface area contributed by atoms with Gasteiger partial charge in [-0.1, -0.05) is 43.3 Å². The fraction of sp³-hybridized carbons (Fsp3) is 0.308. The summed E-state index contributed by atoms with van der Waals surface area (Å²) in [7, 11) is 0. The minimum absolute atomic E-state index is 0.114. The fourth-order valence-electron chi connectivity index (χ4n) is 1.56. The summed E-state index contributed by atoms with van der Waals surface area (Å²) in [5.41, 5.74) is 3.07. The van der Waals surface area contributed by atoms with Gasteiger partial charge in [0.15, 0.2) is 5.76 Å². The Balaban J connectivity index is 2.27. The maximum absolute atomic E-state index is 8.88. The number of hydrogen-bond acceptors (Lipinski definition) is 3. The Morgan fingerprint density at radius 1 is 1.25 bits per heavy atom. The number of aromatic nitrogens is 1. The number of nitrogens with zero attached hydrogens (tertiary/aromatic N) is 1. The summed E-state index contributed by atoms with van der Waals surface area (Å²) >= 11 is 0. The van der Waals surface area contributed by atoms with Crippen LogP contribution in [-0.2, 0) is 6.61 Å². The van der Waals surface area contributed by atoms with Gasteiger partial charge in [0.2, 0.25) is 0 Å². The van der Waals surface area contributed by atoms with Gasteiger partial charge < -0.3 is 9.63 Å². The molecule has 2 rings (SSSR count). The average Bonchev–Trinajstić information content (AvgIpc) is 2.77. The van der Waals surface area contributed by atoms with E-state index in [1.165, 1.54) is 5.56 Å². The molecule has 0 atom stereocenters. The fourth-order valence-corrected chi connectivity index (χ4v) is 1.56. The zero-order valence-corrected chi connectivity index (χ0v) is 9.47. The summed E-state index contributed by atoms with van der Waals surface area (Å²) < 4.78 is 4.95. The molecule has 0 aliphatic rings. The van der Waals surface area contributed by atoms with Crippen molar-refractivity contribution in [3.8, 4) is 11.3 Å². The van der Waals surface area contributed by atoms with Crippen LogP contribution in [0.15, 0.2) is 34.9 Å². The van der Waals surface area contributed by atoms with Gasteiger partial charge >= 0.3 is 0 Å². The monoisotopic (exact) mass is 217 g/mol. The summed E-state index contributed by atoms with van der Waals surface area (Å²) in [5.74, 6) is 1.02. The molecule has 0 amide bonds. The maximum atomic E-state index is 8.88. The maximum Gasteiger partial charge on any atom is 0.162 e. The van der Waals surface area contributed by atoms with Crippen LogP contribution in [0.3, 0.4) is 0 Å². The third kappa shape index (κ3) is 2.14.